The van der Waals surface area contributed by atoms with Crippen LogP contribution >= 0.6 is 0 Å². The molecular weight excluding hydrogens is 354 g/mol. The molecule has 0 fully saturated rings. The molecule has 0 atom stereocenters. The number of nitrogens with zero attached hydrogens (tertiary/aromatic N) is 2. The van der Waals surface area contributed by atoms with Gasteiger partial charge in [-0.1, -0.05) is 88.4 Å². The van der Waals surface area contributed by atoms with Gasteiger partial charge < -0.3 is 5.11 Å². The van der Waals surface area contributed by atoms with Crippen LogP contribution in [0.1, 0.15) is 45.7 Å². The Bertz CT molecular complexity index is 844. The molecule has 2 aromatic carbocycles. The monoisotopic (exact) mass is 385 g/mol. The van der Waals surface area contributed by atoms with Gasteiger partial charge in [0, 0.05) is 7.05 Å². The van der Waals surface area contributed by atoms with Crippen LogP contribution in [-0.4, -0.2) is 19.9 Å². The van der Waals surface area contributed by atoms with Gasteiger partial charge in [0.05, 0.1) is 0 Å². The summed E-state index contributed by atoms with van der Waals surface area (Å²) in [4.78, 5) is 22.8. The van der Waals surface area contributed by atoms with Crippen LogP contribution in [-0.2, 0) is 12.6 Å². The molecule has 0 spiro atoms. The molecular formula is C22H31N3O3. The van der Waals surface area contributed by atoms with Crippen molar-refractivity contribution in [3.05, 3.63) is 98.8 Å². The zero-order chi connectivity index (χ0) is 21.6. The molecule has 6 heteroatoms. The maximum atomic E-state index is 10.5. The third-order valence-corrected chi connectivity index (χ3v) is 3.54. The molecule has 3 rings (SSSR count). The van der Waals surface area contributed by atoms with E-state index in [2.05, 4.69) is 5.10 Å². The highest BCUT2D eigenvalue weighted by atomic mass is 16.3. The summed E-state index contributed by atoms with van der Waals surface area (Å²) in [5, 5.41) is 13.9. The smallest absolute Gasteiger partial charge is 0.344 e. The minimum Gasteiger partial charge on any atom is -0.381 e. The van der Waals surface area contributed by atoms with Crippen LogP contribution < -0.4 is 11.2 Å². The third-order valence-electron chi connectivity index (χ3n) is 3.54. The van der Waals surface area contributed by atoms with Gasteiger partial charge in [0.1, 0.15) is 11.8 Å². The lowest BCUT2D eigenvalue weighted by Gasteiger charge is -2.24. The predicted molar refractivity (Wildman–Crippen MR) is 114 cm³/mol. The Morgan fingerprint density at radius 2 is 1.25 bits per heavy atom. The molecule has 0 saturated heterocycles. The molecule has 0 aliphatic heterocycles. The number of aromatic amines is 1. The Labute approximate surface area is 166 Å². The first kappa shape index (κ1) is 25.0. The summed E-state index contributed by atoms with van der Waals surface area (Å²) < 4.78 is 1.04. The highest BCUT2D eigenvalue weighted by Crippen LogP contribution is 2.28. The predicted octanol–water partition coefficient (Wildman–Crippen LogP) is 3.46. The van der Waals surface area contributed by atoms with Crippen LogP contribution in [0.3, 0.4) is 0 Å². The molecule has 0 unspecified atom stereocenters. The topological polar surface area (TPSA) is 88.0 Å². The van der Waals surface area contributed by atoms with Crippen LogP contribution in [0.25, 0.3) is 0 Å². The first-order valence-corrected chi connectivity index (χ1v) is 9.37. The Morgan fingerprint density at radius 1 is 0.857 bits per heavy atom. The molecule has 0 saturated carbocycles. The van der Waals surface area contributed by atoms with E-state index in [1.165, 1.54) is 7.05 Å². The number of aliphatic hydroxyl groups is 1. The number of rotatable bonds is 2. The number of hydrogen-bond donors (Lipinski definition) is 2. The first-order chi connectivity index (χ1) is 13.4. The summed E-state index contributed by atoms with van der Waals surface area (Å²) in [6.45, 7) is 9.82. The number of aryl methyl sites for hydroxylation is 1. The highest BCUT2D eigenvalue weighted by molar-refractivity contribution is 5.34. The zero-order valence-corrected chi connectivity index (χ0v) is 17.5. The number of benzene rings is 2. The number of aromatic nitrogens is 3. The summed E-state index contributed by atoms with van der Waals surface area (Å²) in [5.74, 6) is 0. The van der Waals surface area contributed by atoms with Crippen molar-refractivity contribution < 1.29 is 5.11 Å². The standard InChI is InChI=1S/C14H14O.C4H5N3O2.2C2H6/c1-14(15,12-8-4-2-5-9-12)13-10-6-3-7-11-13;1-7-4(9)6-3(8)2-5-7;2*1-2/h2-11,15H,1H3;2H,1H3,(H,6,8,9);2*1-2H3. The molecule has 0 radical (unpaired) electrons. The van der Waals surface area contributed by atoms with E-state index in [0.717, 1.165) is 22.0 Å². The van der Waals surface area contributed by atoms with E-state index >= 15 is 0 Å². The van der Waals surface area contributed by atoms with Gasteiger partial charge in [-0.15, -0.1) is 0 Å². The average molecular weight is 386 g/mol. The maximum Gasteiger partial charge on any atom is 0.344 e. The van der Waals surface area contributed by atoms with Gasteiger partial charge >= 0.3 is 5.69 Å². The molecule has 0 aliphatic rings. The molecule has 3 aromatic rings. The number of hydrogen-bond acceptors (Lipinski definition) is 4. The fraction of sp³-hybridized carbons (Fsp3) is 0.318. The van der Waals surface area contributed by atoms with Crippen molar-refractivity contribution in [2.24, 2.45) is 7.05 Å². The fourth-order valence-electron chi connectivity index (χ4n) is 2.10. The molecule has 152 valence electrons. The number of nitrogens with one attached hydrogen (secondary N) is 1. The minimum absolute atomic E-state index is 0.474. The SMILES string of the molecule is CC.CC.CC(O)(c1ccccc1)c1ccccc1.Cn1ncc(=O)[nH]c1=O. The second-order valence-corrected chi connectivity index (χ2v) is 5.37. The van der Waals surface area contributed by atoms with Gasteiger partial charge in [0.2, 0.25) is 0 Å². The largest absolute Gasteiger partial charge is 0.381 e. The van der Waals surface area contributed by atoms with Crippen molar-refractivity contribution in [2.45, 2.75) is 40.2 Å². The van der Waals surface area contributed by atoms with Crippen molar-refractivity contribution in [1.29, 1.82) is 0 Å². The van der Waals surface area contributed by atoms with Gasteiger partial charge in [0.15, 0.2) is 0 Å². The fourth-order valence-corrected chi connectivity index (χ4v) is 2.10. The molecule has 1 heterocycles. The molecule has 6 nitrogen and oxygen atoms in total. The van der Waals surface area contributed by atoms with Crippen LogP contribution in [0.15, 0.2) is 76.4 Å². The van der Waals surface area contributed by atoms with E-state index in [0.29, 0.717) is 0 Å². The van der Waals surface area contributed by atoms with Crippen LogP contribution in [0.5, 0.6) is 0 Å². The summed E-state index contributed by atoms with van der Waals surface area (Å²) >= 11 is 0. The van der Waals surface area contributed by atoms with Crippen LogP contribution in [0, 0.1) is 0 Å². The molecule has 0 bridgehead atoms. The van der Waals surface area contributed by atoms with Gasteiger partial charge in [-0.05, 0) is 18.1 Å². The lowest BCUT2D eigenvalue weighted by Crippen LogP contribution is -2.29. The molecule has 1 aromatic heterocycles. The maximum absolute atomic E-state index is 10.5. The highest BCUT2D eigenvalue weighted by Gasteiger charge is 2.24. The lowest BCUT2D eigenvalue weighted by atomic mass is 9.88. The van der Waals surface area contributed by atoms with Gasteiger partial charge in [-0.3, -0.25) is 9.78 Å². The first-order valence-electron chi connectivity index (χ1n) is 9.37. The second kappa shape index (κ2) is 13.2. The van der Waals surface area contributed by atoms with Crippen molar-refractivity contribution >= 4 is 0 Å². The van der Waals surface area contributed by atoms with Gasteiger partial charge in [-0.2, -0.15) is 5.10 Å². The Morgan fingerprint density at radius 3 is 1.57 bits per heavy atom. The van der Waals surface area contributed by atoms with Gasteiger partial charge in [-0.25, -0.2) is 9.48 Å². The van der Waals surface area contributed by atoms with Crippen LogP contribution in [0.2, 0.25) is 0 Å². The Hall–Kier alpha value is -2.99. The normalized spacial score (nSPS) is 9.54. The summed E-state index contributed by atoms with van der Waals surface area (Å²) in [6.07, 6.45) is 1.04. The van der Waals surface area contributed by atoms with Crippen molar-refractivity contribution in [3.63, 3.8) is 0 Å². The average Bonchev–Trinajstić information content (AvgIpc) is 2.76. The summed E-state index contributed by atoms with van der Waals surface area (Å²) in [7, 11) is 1.46. The second-order valence-electron chi connectivity index (χ2n) is 5.37. The molecule has 0 aliphatic carbocycles. The van der Waals surface area contributed by atoms with Crippen molar-refractivity contribution in [3.8, 4) is 0 Å². The number of H-pyrrole nitrogens is 1. The third kappa shape index (κ3) is 7.72. The quantitative estimate of drug-likeness (QED) is 0.707. The van der Waals surface area contributed by atoms with E-state index in [9.17, 15) is 14.7 Å². The van der Waals surface area contributed by atoms with Gasteiger partial charge in [0.25, 0.3) is 5.56 Å². The zero-order valence-electron chi connectivity index (χ0n) is 17.5. The Balaban J connectivity index is 0.000000481. The van der Waals surface area contributed by atoms with Crippen molar-refractivity contribution in [1.82, 2.24) is 14.8 Å². The van der Waals surface area contributed by atoms with Crippen LogP contribution in [0.4, 0.5) is 0 Å². The van der Waals surface area contributed by atoms with Crippen molar-refractivity contribution in [2.75, 3.05) is 0 Å². The Kier molecular flexibility index (Phi) is 11.8. The lowest BCUT2D eigenvalue weighted by molar-refractivity contribution is 0.102. The molecule has 2 N–H and O–H groups in total. The summed E-state index contributed by atoms with van der Waals surface area (Å²) in [5.41, 5.74) is -0.0595. The van der Waals surface area contributed by atoms with E-state index in [4.69, 9.17) is 0 Å². The van der Waals surface area contributed by atoms with E-state index in [1.807, 2.05) is 100 Å². The molecule has 28 heavy (non-hydrogen) atoms. The van der Waals surface area contributed by atoms with E-state index < -0.39 is 16.9 Å². The minimum atomic E-state index is -0.914. The molecule has 0 amide bonds. The summed E-state index contributed by atoms with van der Waals surface area (Å²) in [6, 6.07) is 19.4. The van der Waals surface area contributed by atoms with E-state index in [-0.39, 0.29) is 0 Å². The van der Waals surface area contributed by atoms with E-state index in [1.54, 1.807) is 0 Å².